The van der Waals surface area contributed by atoms with E-state index in [0.29, 0.717) is 30.9 Å². The number of β-amino-alcohol motifs (C(OH)–C–C–N with tert-alkyl or cyclic N) is 1. The van der Waals surface area contributed by atoms with E-state index in [0.717, 1.165) is 0 Å². The van der Waals surface area contributed by atoms with Gasteiger partial charge in [0.1, 0.15) is 5.75 Å². The van der Waals surface area contributed by atoms with E-state index in [9.17, 15) is 14.7 Å². The summed E-state index contributed by atoms with van der Waals surface area (Å²) >= 11 is 0. The van der Waals surface area contributed by atoms with Gasteiger partial charge in [0.05, 0.1) is 11.7 Å². The van der Waals surface area contributed by atoms with Gasteiger partial charge >= 0.3 is 0 Å². The minimum Gasteiger partial charge on any atom is -0.483 e. The smallest absolute Gasteiger partial charge is 0.259 e. The summed E-state index contributed by atoms with van der Waals surface area (Å²) < 4.78 is 5.46. The molecule has 3 N–H and O–H groups in total. The molecule has 0 spiro atoms. The van der Waals surface area contributed by atoms with Crippen molar-refractivity contribution in [2.45, 2.75) is 6.10 Å². The number of benzene rings is 1. The fraction of sp³-hybridized carbons (Fsp3) is 0.500. The van der Waals surface area contributed by atoms with E-state index in [1.165, 1.54) is 4.90 Å². The standard InChI is InChI=1S/C16H23N3O4/c1-19(2)15(21)10-23-14-6-4-3-5-12(14)16(22)18-8-11-7-17-9-13(11)20/h3-6,11,13,17,20H,7-10H2,1-2H3,(H,18,22). The second kappa shape index (κ2) is 7.94. The number of amides is 2. The molecule has 1 saturated heterocycles. The molecule has 2 atom stereocenters. The predicted octanol–water partition coefficient (Wildman–Crippen LogP) is -0.536. The summed E-state index contributed by atoms with van der Waals surface area (Å²) in [6, 6.07) is 6.79. The number of likely N-dealkylation sites (N-methyl/N-ethyl adjacent to an activating group) is 1. The van der Waals surface area contributed by atoms with Crippen molar-refractivity contribution in [3.63, 3.8) is 0 Å². The number of aliphatic hydroxyl groups is 1. The number of hydrogen-bond acceptors (Lipinski definition) is 5. The van der Waals surface area contributed by atoms with Gasteiger partial charge in [-0.05, 0) is 12.1 Å². The van der Waals surface area contributed by atoms with Gasteiger partial charge in [-0.1, -0.05) is 12.1 Å². The molecule has 2 rings (SSSR count). The highest BCUT2D eigenvalue weighted by Gasteiger charge is 2.25. The Bertz CT molecular complexity index is 562. The number of rotatable bonds is 6. The van der Waals surface area contributed by atoms with Crippen molar-refractivity contribution in [1.82, 2.24) is 15.5 Å². The summed E-state index contributed by atoms with van der Waals surface area (Å²) in [5.41, 5.74) is 0.375. The van der Waals surface area contributed by atoms with E-state index in [1.54, 1.807) is 38.4 Å². The Morgan fingerprint density at radius 1 is 1.35 bits per heavy atom. The summed E-state index contributed by atoms with van der Waals surface area (Å²) in [6.45, 7) is 1.49. The maximum Gasteiger partial charge on any atom is 0.259 e. The molecule has 1 fully saturated rings. The van der Waals surface area contributed by atoms with Gasteiger partial charge in [0, 0.05) is 39.6 Å². The second-order valence-electron chi connectivity index (χ2n) is 5.77. The van der Waals surface area contributed by atoms with Crippen LogP contribution < -0.4 is 15.4 Å². The van der Waals surface area contributed by atoms with Gasteiger partial charge < -0.3 is 25.4 Å². The van der Waals surface area contributed by atoms with Crippen LogP contribution in [0.25, 0.3) is 0 Å². The lowest BCUT2D eigenvalue weighted by Gasteiger charge is -2.16. The maximum absolute atomic E-state index is 12.3. The molecule has 7 nitrogen and oxygen atoms in total. The van der Waals surface area contributed by atoms with Crippen molar-refractivity contribution >= 4 is 11.8 Å². The minimum absolute atomic E-state index is 0.00218. The summed E-state index contributed by atoms with van der Waals surface area (Å²) in [4.78, 5) is 25.3. The first kappa shape index (κ1) is 17.2. The summed E-state index contributed by atoms with van der Waals surface area (Å²) in [5, 5.41) is 15.6. The van der Waals surface area contributed by atoms with Crippen LogP contribution in [-0.2, 0) is 4.79 Å². The lowest BCUT2D eigenvalue weighted by molar-refractivity contribution is -0.130. The first-order valence-electron chi connectivity index (χ1n) is 7.58. The van der Waals surface area contributed by atoms with Crippen molar-refractivity contribution in [2.75, 3.05) is 40.3 Å². The Labute approximate surface area is 135 Å². The molecule has 0 saturated carbocycles. The van der Waals surface area contributed by atoms with Crippen LogP contribution in [0.15, 0.2) is 24.3 Å². The van der Waals surface area contributed by atoms with Crippen LogP contribution in [-0.4, -0.2) is 68.3 Å². The molecule has 1 heterocycles. The first-order chi connectivity index (χ1) is 11.0. The number of ether oxygens (including phenoxy) is 1. The molecule has 7 heteroatoms. The van der Waals surface area contributed by atoms with E-state index < -0.39 is 6.10 Å². The van der Waals surface area contributed by atoms with Crippen molar-refractivity contribution in [3.8, 4) is 5.75 Å². The molecule has 0 radical (unpaired) electrons. The molecule has 2 unspecified atom stereocenters. The van der Waals surface area contributed by atoms with E-state index in [4.69, 9.17) is 4.74 Å². The number of hydrogen-bond donors (Lipinski definition) is 3. The van der Waals surface area contributed by atoms with Crippen molar-refractivity contribution in [3.05, 3.63) is 29.8 Å². The predicted molar refractivity (Wildman–Crippen MR) is 85.3 cm³/mol. The molecule has 1 aliphatic rings. The molecule has 1 aromatic rings. The van der Waals surface area contributed by atoms with E-state index in [1.807, 2.05) is 0 Å². The number of carbonyl (C=O) groups excluding carboxylic acids is 2. The van der Waals surface area contributed by atoms with Gasteiger partial charge in [0.25, 0.3) is 11.8 Å². The molecule has 0 bridgehead atoms. The highest BCUT2D eigenvalue weighted by atomic mass is 16.5. The highest BCUT2D eigenvalue weighted by Crippen LogP contribution is 2.18. The van der Waals surface area contributed by atoms with Gasteiger partial charge in [-0.2, -0.15) is 0 Å². The minimum atomic E-state index is -0.445. The Kier molecular flexibility index (Phi) is 5.95. The van der Waals surface area contributed by atoms with Gasteiger partial charge in [0.2, 0.25) is 0 Å². The van der Waals surface area contributed by atoms with E-state index in [2.05, 4.69) is 10.6 Å². The number of carbonyl (C=O) groups is 2. The van der Waals surface area contributed by atoms with Gasteiger partial charge in [0.15, 0.2) is 6.61 Å². The van der Waals surface area contributed by atoms with E-state index in [-0.39, 0.29) is 24.3 Å². The molecule has 126 valence electrons. The lowest BCUT2D eigenvalue weighted by atomic mass is 10.1. The topological polar surface area (TPSA) is 90.9 Å². The molecular formula is C16H23N3O4. The molecule has 1 aliphatic heterocycles. The Morgan fingerprint density at radius 2 is 2.09 bits per heavy atom. The van der Waals surface area contributed by atoms with E-state index >= 15 is 0 Å². The van der Waals surface area contributed by atoms with Crippen LogP contribution in [0, 0.1) is 5.92 Å². The Balaban J connectivity index is 1.95. The Hall–Kier alpha value is -2.12. The third-order valence-corrected chi connectivity index (χ3v) is 3.81. The molecule has 2 amide bonds. The fourth-order valence-corrected chi connectivity index (χ4v) is 2.30. The van der Waals surface area contributed by atoms with Crippen molar-refractivity contribution in [2.24, 2.45) is 5.92 Å². The zero-order chi connectivity index (χ0) is 16.8. The third-order valence-electron chi connectivity index (χ3n) is 3.81. The quantitative estimate of drug-likeness (QED) is 0.655. The molecule has 23 heavy (non-hydrogen) atoms. The fourth-order valence-electron chi connectivity index (χ4n) is 2.30. The lowest BCUT2D eigenvalue weighted by Crippen LogP contribution is -2.34. The summed E-state index contributed by atoms with van der Waals surface area (Å²) in [7, 11) is 3.29. The highest BCUT2D eigenvalue weighted by molar-refractivity contribution is 5.97. The molecule has 1 aromatic carbocycles. The number of para-hydroxylation sites is 1. The molecule has 0 aliphatic carbocycles. The monoisotopic (exact) mass is 321 g/mol. The van der Waals surface area contributed by atoms with Crippen LogP contribution >= 0.6 is 0 Å². The summed E-state index contributed by atoms with van der Waals surface area (Å²) in [6.07, 6.45) is -0.445. The molecular weight excluding hydrogens is 298 g/mol. The zero-order valence-corrected chi connectivity index (χ0v) is 13.4. The van der Waals surface area contributed by atoms with Crippen LogP contribution in [0.3, 0.4) is 0 Å². The molecule has 0 aromatic heterocycles. The zero-order valence-electron chi connectivity index (χ0n) is 13.4. The number of aliphatic hydroxyl groups excluding tert-OH is 1. The van der Waals surface area contributed by atoms with Crippen molar-refractivity contribution in [1.29, 1.82) is 0 Å². The number of nitrogens with one attached hydrogen (secondary N) is 2. The van der Waals surface area contributed by atoms with Crippen LogP contribution in [0.2, 0.25) is 0 Å². The van der Waals surface area contributed by atoms with Gasteiger partial charge in [-0.3, -0.25) is 9.59 Å². The number of nitrogens with zero attached hydrogens (tertiary/aromatic N) is 1. The van der Waals surface area contributed by atoms with Crippen molar-refractivity contribution < 1.29 is 19.4 Å². The normalized spacial score (nSPS) is 20.1. The van der Waals surface area contributed by atoms with Gasteiger partial charge in [-0.15, -0.1) is 0 Å². The average Bonchev–Trinajstić information content (AvgIpc) is 2.95. The SMILES string of the molecule is CN(C)C(=O)COc1ccccc1C(=O)NCC1CNCC1O. The van der Waals surface area contributed by atoms with Crippen LogP contribution in [0.1, 0.15) is 10.4 Å². The van der Waals surface area contributed by atoms with Gasteiger partial charge in [-0.25, -0.2) is 0 Å². The third kappa shape index (κ3) is 4.67. The van der Waals surface area contributed by atoms with Crippen LogP contribution in [0.5, 0.6) is 5.75 Å². The Morgan fingerprint density at radius 3 is 2.74 bits per heavy atom. The second-order valence-corrected chi connectivity index (χ2v) is 5.77. The maximum atomic E-state index is 12.3. The largest absolute Gasteiger partial charge is 0.483 e. The summed E-state index contributed by atoms with van der Waals surface area (Å²) in [5.74, 6) is -0.0926. The van der Waals surface area contributed by atoms with Crippen LogP contribution in [0.4, 0.5) is 0 Å². The average molecular weight is 321 g/mol. The first-order valence-corrected chi connectivity index (χ1v) is 7.58.